The lowest BCUT2D eigenvalue weighted by Gasteiger charge is -2.39. The number of amides is 1. The molecule has 3 aromatic rings. The van der Waals surface area contributed by atoms with Crippen molar-refractivity contribution in [3.8, 4) is 0 Å². The molecule has 1 amide bonds. The van der Waals surface area contributed by atoms with Crippen LogP contribution < -0.4 is 0 Å². The Morgan fingerprint density at radius 1 is 0.889 bits per heavy atom. The van der Waals surface area contributed by atoms with Crippen LogP contribution in [0.25, 0.3) is 0 Å². The fourth-order valence-corrected chi connectivity index (χ4v) is 3.96. The Morgan fingerprint density at radius 2 is 1.44 bits per heavy atom. The van der Waals surface area contributed by atoms with Gasteiger partial charge in [-0.05, 0) is 42.8 Å². The van der Waals surface area contributed by atoms with Crippen molar-refractivity contribution in [1.29, 1.82) is 0 Å². The highest BCUT2D eigenvalue weighted by Gasteiger charge is 2.51. The Morgan fingerprint density at radius 3 is 2.07 bits per heavy atom. The lowest BCUT2D eigenvalue weighted by atomic mass is 9.92. The number of halogens is 2. The molecule has 1 heterocycles. The average Bonchev–Trinajstić information content (AvgIpc) is 2.91. The van der Waals surface area contributed by atoms with Gasteiger partial charge in [0.05, 0.1) is 6.04 Å². The van der Waals surface area contributed by atoms with Gasteiger partial charge in [-0.3, -0.25) is 9.69 Å². The Bertz CT molecular complexity index is 1000. The van der Waals surface area contributed by atoms with Gasteiger partial charge in [0.15, 0.2) is 5.72 Å². The summed E-state index contributed by atoms with van der Waals surface area (Å²) >= 11 is 12.0. The van der Waals surface area contributed by atoms with Gasteiger partial charge in [0.25, 0.3) is 5.91 Å². The molecular formula is C22H17Cl2NO2. The second-order valence-corrected chi connectivity index (χ2v) is 7.50. The van der Waals surface area contributed by atoms with Gasteiger partial charge in [-0.2, -0.15) is 0 Å². The van der Waals surface area contributed by atoms with Crippen LogP contribution in [0, 0.1) is 0 Å². The van der Waals surface area contributed by atoms with Crippen LogP contribution in [-0.2, 0) is 5.72 Å². The van der Waals surface area contributed by atoms with Crippen LogP contribution in [0.1, 0.15) is 40.0 Å². The number of carbonyl (C=O) groups excluding carboxylic acids is 1. The number of aliphatic hydroxyl groups is 1. The molecule has 0 saturated carbocycles. The lowest BCUT2D eigenvalue weighted by molar-refractivity contribution is -0.0677. The summed E-state index contributed by atoms with van der Waals surface area (Å²) in [7, 11) is 0. The molecular weight excluding hydrogens is 381 g/mol. The van der Waals surface area contributed by atoms with Crippen LogP contribution in [0.4, 0.5) is 0 Å². The predicted octanol–water partition coefficient (Wildman–Crippen LogP) is 5.40. The van der Waals surface area contributed by atoms with Crippen LogP contribution in [0.15, 0.2) is 72.8 Å². The predicted molar refractivity (Wildman–Crippen MR) is 107 cm³/mol. The van der Waals surface area contributed by atoms with Crippen molar-refractivity contribution in [1.82, 2.24) is 4.90 Å². The number of hydrogen-bond acceptors (Lipinski definition) is 2. The van der Waals surface area contributed by atoms with E-state index >= 15 is 0 Å². The van der Waals surface area contributed by atoms with Crippen molar-refractivity contribution >= 4 is 29.1 Å². The average molecular weight is 398 g/mol. The van der Waals surface area contributed by atoms with Crippen LogP contribution in [-0.4, -0.2) is 15.9 Å². The molecule has 0 radical (unpaired) electrons. The molecule has 27 heavy (non-hydrogen) atoms. The normalized spacial score (nSPS) is 19.9. The third kappa shape index (κ3) is 2.83. The molecule has 1 aliphatic heterocycles. The van der Waals surface area contributed by atoms with E-state index in [1.165, 1.54) is 4.90 Å². The highest BCUT2D eigenvalue weighted by atomic mass is 35.5. The van der Waals surface area contributed by atoms with Gasteiger partial charge in [-0.25, -0.2) is 0 Å². The monoisotopic (exact) mass is 397 g/mol. The van der Waals surface area contributed by atoms with Gasteiger partial charge in [0.2, 0.25) is 0 Å². The van der Waals surface area contributed by atoms with Gasteiger partial charge in [0, 0.05) is 26.7 Å². The number of rotatable bonds is 3. The molecule has 3 nitrogen and oxygen atoms in total. The second kappa shape index (κ2) is 6.68. The highest BCUT2D eigenvalue weighted by Crippen LogP contribution is 2.46. The van der Waals surface area contributed by atoms with E-state index in [4.69, 9.17) is 23.2 Å². The zero-order valence-electron chi connectivity index (χ0n) is 14.6. The third-order valence-corrected chi connectivity index (χ3v) is 5.59. The zero-order chi connectivity index (χ0) is 19.2. The van der Waals surface area contributed by atoms with Crippen molar-refractivity contribution in [2.24, 2.45) is 0 Å². The Hall–Kier alpha value is -2.33. The topological polar surface area (TPSA) is 40.5 Å². The van der Waals surface area contributed by atoms with Crippen LogP contribution in [0.5, 0.6) is 0 Å². The molecule has 0 aromatic heterocycles. The molecule has 5 heteroatoms. The minimum absolute atomic E-state index is 0.217. The molecule has 0 bridgehead atoms. The SMILES string of the molecule is C[C@H](c1ccc(Cl)cc1)N1C(=O)c2ccccc2C1(O)c1ccc(Cl)cc1. The van der Waals surface area contributed by atoms with E-state index in [0.29, 0.717) is 26.7 Å². The Kier molecular flexibility index (Phi) is 4.47. The van der Waals surface area contributed by atoms with Crippen molar-refractivity contribution in [3.63, 3.8) is 0 Å². The summed E-state index contributed by atoms with van der Waals surface area (Å²) in [5.41, 5.74) is 0.949. The summed E-state index contributed by atoms with van der Waals surface area (Å²) in [6.07, 6.45) is 0. The van der Waals surface area contributed by atoms with Gasteiger partial charge in [-0.15, -0.1) is 0 Å². The first-order valence-electron chi connectivity index (χ1n) is 8.60. The van der Waals surface area contributed by atoms with E-state index in [0.717, 1.165) is 5.56 Å². The van der Waals surface area contributed by atoms with Gasteiger partial charge in [0.1, 0.15) is 0 Å². The van der Waals surface area contributed by atoms with Gasteiger partial charge >= 0.3 is 0 Å². The number of benzene rings is 3. The van der Waals surface area contributed by atoms with E-state index in [2.05, 4.69) is 0 Å². The summed E-state index contributed by atoms with van der Waals surface area (Å²) in [6, 6.07) is 21.0. The van der Waals surface area contributed by atoms with Crippen molar-refractivity contribution in [3.05, 3.63) is 105 Å². The molecule has 3 aromatic carbocycles. The molecule has 1 unspecified atom stereocenters. The first kappa shape index (κ1) is 18.1. The van der Waals surface area contributed by atoms with Crippen molar-refractivity contribution < 1.29 is 9.90 Å². The smallest absolute Gasteiger partial charge is 0.257 e. The van der Waals surface area contributed by atoms with Gasteiger partial charge in [-0.1, -0.05) is 65.7 Å². The van der Waals surface area contributed by atoms with E-state index in [-0.39, 0.29) is 11.9 Å². The first-order valence-corrected chi connectivity index (χ1v) is 9.35. The highest BCUT2D eigenvalue weighted by molar-refractivity contribution is 6.30. The molecule has 1 N–H and O–H groups in total. The van der Waals surface area contributed by atoms with E-state index in [1.807, 2.05) is 25.1 Å². The second-order valence-electron chi connectivity index (χ2n) is 6.63. The number of hydrogen-bond donors (Lipinski definition) is 1. The zero-order valence-corrected chi connectivity index (χ0v) is 16.1. The minimum atomic E-state index is -1.59. The lowest BCUT2D eigenvalue weighted by Crippen LogP contribution is -2.46. The number of nitrogens with zero attached hydrogens (tertiary/aromatic N) is 1. The summed E-state index contributed by atoms with van der Waals surface area (Å²) in [6.45, 7) is 1.90. The quantitative estimate of drug-likeness (QED) is 0.642. The molecule has 0 fully saturated rings. The fourth-order valence-electron chi connectivity index (χ4n) is 3.70. The molecule has 0 spiro atoms. The first-order chi connectivity index (χ1) is 12.9. The summed E-state index contributed by atoms with van der Waals surface area (Å²) in [5, 5.41) is 13.0. The maximum Gasteiger partial charge on any atom is 0.257 e. The van der Waals surface area contributed by atoms with Crippen LogP contribution >= 0.6 is 23.2 Å². The van der Waals surface area contributed by atoms with Gasteiger partial charge < -0.3 is 5.11 Å². The Balaban J connectivity index is 1.89. The molecule has 1 aliphatic rings. The summed E-state index contributed by atoms with van der Waals surface area (Å²) < 4.78 is 0. The minimum Gasteiger partial charge on any atom is -0.363 e. The molecule has 2 atom stereocenters. The maximum absolute atomic E-state index is 13.2. The maximum atomic E-state index is 13.2. The number of carbonyl (C=O) groups is 1. The summed E-state index contributed by atoms with van der Waals surface area (Å²) in [4.78, 5) is 14.8. The van der Waals surface area contributed by atoms with Crippen LogP contribution in [0.3, 0.4) is 0 Å². The van der Waals surface area contributed by atoms with Crippen molar-refractivity contribution in [2.75, 3.05) is 0 Å². The van der Waals surface area contributed by atoms with E-state index in [9.17, 15) is 9.90 Å². The standard InChI is InChI=1S/C22H17Cl2NO2/c1-14(15-6-10-17(23)11-7-15)25-21(26)19-4-2-3-5-20(19)22(25,27)16-8-12-18(24)13-9-16/h2-14,27H,1H3/t14-,22?/m1/s1. The third-order valence-electron chi connectivity index (χ3n) is 5.09. The molecule has 0 saturated heterocycles. The number of fused-ring (bicyclic) bond motifs is 1. The van der Waals surface area contributed by atoms with Crippen LogP contribution in [0.2, 0.25) is 10.0 Å². The molecule has 0 aliphatic carbocycles. The largest absolute Gasteiger partial charge is 0.363 e. The summed E-state index contributed by atoms with van der Waals surface area (Å²) in [5.74, 6) is -0.217. The fraction of sp³-hybridized carbons (Fsp3) is 0.136. The Labute approximate surface area is 167 Å². The van der Waals surface area contributed by atoms with E-state index < -0.39 is 5.72 Å². The van der Waals surface area contributed by atoms with Crippen molar-refractivity contribution in [2.45, 2.75) is 18.7 Å². The van der Waals surface area contributed by atoms with E-state index in [1.54, 1.807) is 54.6 Å². The molecule has 4 rings (SSSR count). The molecule has 136 valence electrons.